The van der Waals surface area contributed by atoms with Crippen LogP contribution in [0.25, 0.3) is 11.0 Å². The maximum absolute atomic E-state index is 12.2. The standard InChI is InChI=1S/C14H9ClN4OSe/c15-7-4-5-9-8(6-7)12(14(20)17-9)16-10-2-1-3-11-13(10)19-21-18-11/h1-6,12,16H,(H,17,20). The van der Waals surface area contributed by atoms with Crippen LogP contribution in [0, 0.1) is 0 Å². The molecule has 0 fully saturated rings. The number of hydrogen-bond acceptors (Lipinski definition) is 4. The van der Waals surface area contributed by atoms with Crippen LogP contribution >= 0.6 is 11.6 Å². The second-order valence-corrected chi connectivity index (χ2v) is 6.28. The minimum absolute atomic E-state index is 0.0923. The molecular formula is C14H9ClN4OSe. The molecule has 7 heteroatoms. The Kier molecular flexibility index (Phi) is 2.96. The van der Waals surface area contributed by atoms with E-state index in [1.165, 1.54) is 0 Å². The van der Waals surface area contributed by atoms with Gasteiger partial charge in [0, 0.05) is 0 Å². The normalized spacial score (nSPS) is 16.8. The van der Waals surface area contributed by atoms with Crippen molar-refractivity contribution in [2.24, 2.45) is 0 Å². The van der Waals surface area contributed by atoms with E-state index in [1.54, 1.807) is 12.1 Å². The third kappa shape index (κ3) is 2.12. The summed E-state index contributed by atoms with van der Waals surface area (Å²) in [5.41, 5.74) is 4.18. The molecule has 2 heterocycles. The van der Waals surface area contributed by atoms with Crippen molar-refractivity contribution in [2.75, 3.05) is 10.6 Å². The van der Waals surface area contributed by atoms with E-state index >= 15 is 0 Å². The Hall–Kier alpha value is -1.88. The Bertz CT molecular complexity index is 863. The van der Waals surface area contributed by atoms with Gasteiger partial charge in [0.2, 0.25) is 0 Å². The summed E-state index contributed by atoms with van der Waals surface area (Å²) in [7, 11) is 0. The van der Waals surface area contributed by atoms with Gasteiger partial charge in [0.25, 0.3) is 0 Å². The molecule has 5 nitrogen and oxygen atoms in total. The summed E-state index contributed by atoms with van der Waals surface area (Å²) in [5, 5.41) is 6.72. The van der Waals surface area contributed by atoms with Crippen molar-refractivity contribution >= 4 is 54.9 Å². The van der Waals surface area contributed by atoms with Crippen LogP contribution in [0.15, 0.2) is 36.4 Å². The molecule has 2 N–H and O–H groups in total. The van der Waals surface area contributed by atoms with Crippen molar-refractivity contribution in [3.8, 4) is 0 Å². The molecule has 104 valence electrons. The fraction of sp³-hybridized carbons (Fsp3) is 0.0714. The zero-order valence-electron chi connectivity index (χ0n) is 10.6. The molecule has 1 atom stereocenters. The van der Waals surface area contributed by atoms with E-state index in [2.05, 4.69) is 18.6 Å². The number of carbonyl (C=O) groups excluding carboxylic acids is 1. The minimum atomic E-state index is -0.464. The van der Waals surface area contributed by atoms with Crippen molar-refractivity contribution in [3.63, 3.8) is 0 Å². The van der Waals surface area contributed by atoms with Crippen LogP contribution in [0.5, 0.6) is 0 Å². The van der Waals surface area contributed by atoms with Crippen molar-refractivity contribution in [2.45, 2.75) is 6.04 Å². The number of rotatable bonds is 2. The van der Waals surface area contributed by atoms with E-state index < -0.39 is 6.04 Å². The fourth-order valence-electron chi connectivity index (χ4n) is 2.45. The summed E-state index contributed by atoms with van der Waals surface area (Å²) in [6.07, 6.45) is 0. The SMILES string of the molecule is O=C1Nc2ccc(Cl)cc2C1Nc1cccc2n[se]nc12. The van der Waals surface area contributed by atoms with Crippen LogP contribution in [0.1, 0.15) is 11.6 Å². The molecule has 3 aromatic rings. The average molecular weight is 364 g/mol. The maximum atomic E-state index is 12.2. The topological polar surface area (TPSA) is 66.9 Å². The van der Waals surface area contributed by atoms with Gasteiger partial charge in [-0.2, -0.15) is 0 Å². The number of anilines is 2. The van der Waals surface area contributed by atoms with Crippen LogP contribution in [-0.2, 0) is 4.79 Å². The number of carbonyl (C=O) groups is 1. The molecule has 0 radical (unpaired) electrons. The number of halogens is 1. The molecule has 2 aromatic carbocycles. The number of aromatic nitrogens is 2. The number of hydrogen-bond donors (Lipinski definition) is 2. The van der Waals surface area contributed by atoms with Crippen molar-refractivity contribution in [3.05, 3.63) is 47.0 Å². The number of nitrogens with one attached hydrogen (secondary N) is 2. The van der Waals surface area contributed by atoms with E-state index in [9.17, 15) is 4.79 Å². The van der Waals surface area contributed by atoms with Gasteiger partial charge in [0.1, 0.15) is 0 Å². The quantitative estimate of drug-likeness (QED) is 0.686. The Morgan fingerprint density at radius 3 is 3.05 bits per heavy atom. The van der Waals surface area contributed by atoms with Crippen LogP contribution < -0.4 is 10.6 Å². The zero-order chi connectivity index (χ0) is 14.4. The van der Waals surface area contributed by atoms with Gasteiger partial charge < -0.3 is 0 Å². The molecule has 1 aliphatic rings. The Labute approximate surface area is 131 Å². The second kappa shape index (κ2) is 4.84. The van der Waals surface area contributed by atoms with E-state index in [0.717, 1.165) is 28.0 Å². The number of amides is 1. The van der Waals surface area contributed by atoms with Crippen LogP contribution in [0.3, 0.4) is 0 Å². The second-order valence-electron chi connectivity index (χ2n) is 4.74. The number of benzene rings is 2. The van der Waals surface area contributed by atoms with Crippen LogP contribution in [0.2, 0.25) is 5.02 Å². The summed E-state index contributed by atoms with van der Waals surface area (Å²) in [5.74, 6) is -0.0923. The molecule has 1 aromatic heterocycles. The Morgan fingerprint density at radius 1 is 1.24 bits per heavy atom. The van der Waals surface area contributed by atoms with Gasteiger partial charge in [0.15, 0.2) is 0 Å². The van der Waals surface area contributed by atoms with Gasteiger partial charge in [0.05, 0.1) is 0 Å². The van der Waals surface area contributed by atoms with E-state index in [-0.39, 0.29) is 20.9 Å². The molecule has 4 rings (SSSR count). The molecule has 0 saturated carbocycles. The molecular weight excluding hydrogens is 355 g/mol. The van der Waals surface area contributed by atoms with Crippen molar-refractivity contribution < 1.29 is 4.79 Å². The van der Waals surface area contributed by atoms with Gasteiger partial charge in [-0.3, -0.25) is 0 Å². The van der Waals surface area contributed by atoms with Gasteiger partial charge in [-0.1, -0.05) is 0 Å². The number of nitrogens with zero attached hydrogens (tertiary/aromatic N) is 2. The van der Waals surface area contributed by atoms with Crippen molar-refractivity contribution in [1.82, 2.24) is 7.96 Å². The van der Waals surface area contributed by atoms with Gasteiger partial charge in [-0.05, 0) is 0 Å². The van der Waals surface area contributed by atoms with Gasteiger partial charge in [-0.25, -0.2) is 0 Å². The number of fused-ring (bicyclic) bond motifs is 2. The van der Waals surface area contributed by atoms with Gasteiger partial charge in [-0.15, -0.1) is 0 Å². The summed E-state index contributed by atoms with van der Waals surface area (Å²) < 4.78 is 8.76. The first-order valence-electron chi connectivity index (χ1n) is 6.30. The van der Waals surface area contributed by atoms with E-state index in [0.29, 0.717) is 5.02 Å². The molecule has 0 spiro atoms. The molecule has 1 amide bonds. The van der Waals surface area contributed by atoms with E-state index in [4.69, 9.17) is 11.6 Å². The summed E-state index contributed by atoms with van der Waals surface area (Å²) in [6.45, 7) is 0. The first-order chi connectivity index (χ1) is 10.2. The predicted molar refractivity (Wildman–Crippen MR) is 82.9 cm³/mol. The Balaban J connectivity index is 1.77. The molecule has 0 aliphatic carbocycles. The zero-order valence-corrected chi connectivity index (χ0v) is 13.1. The molecule has 0 bridgehead atoms. The first kappa shape index (κ1) is 12.8. The van der Waals surface area contributed by atoms with Crippen molar-refractivity contribution in [1.29, 1.82) is 0 Å². The first-order valence-corrected chi connectivity index (χ1v) is 8.21. The summed E-state index contributed by atoms with van der Waals surface area (Å²) in [6, 6.07) is 10.7. The van der Waals surface area contributed by atoms with Crippen LogP contribution in [-0.4, -0.2) is 28.8 Å². The molecule has 21 heavy (non-hydrogen) atoms. The van der Waals surface area contributed by atoms with Gasteiger partial charge >= 0.3 is 131 Å². The Morgan fingerprint density at radius 2 is 2.14 bits per heavy atom. The third-order valence-electron chi connectivity index (χ3n) is 3.43. The molecule has 0 saturated heterocycles. The summed E-state index contributed by atoms with van der Waals surface area (Å²) >= 11 is 5.94. The molecule has 1 aliphatic heterocycles. The van der Waals surface area contributed by atoms with E-state index in [1.807, 2.05) is 24.3 Å². The fourth-order valence-corrected chi connectivity index (χ4v) is 3.79. The average Bonchev–Trinajstić information content (AvgIpc) is 3.05. The monoisotopic (exact) mass is 364 g/mol. The van der Waals surface area contributed by atoms with Crippen LogP contribution in [0.4, 0.5) is 11.4 Å². The summed E-state index contributed by atoms with van der Waals surface area (Å²) in [4.78, 5) is 12.2. The third-order valence-corrected chi connectivity index (χ3v) is 4.80. The predicted octanol–water partition coefficient (Wildman–Crippen LogP) is 2.45. The molecule has 1 unspecified atom stereocenters.